The standard InChI is InChI=1S/C15H24N2O/c1-3-11-5-4-6-12(9-11)17-13-7-8-14(16)15(10-13)18-2/h7-8,10-12,17H,3-6,9,16H2,1-2H3. The lowest BCUT2D eigenvalue weighted by Gasteiger charge is -2.30. The van der Waals surface area contributed by atoms with Gasteiger partial charge in [0.1, 0.15) is 5.75 Å². The minimum absolute atomic E-state index is 0.594. The lowest BCUT2D eigenvalue weighted by molar-refractivity contribution is 0.327. The number of ether oxygens (including phenoxy) is 1. The highest BCUT2D eigenvalue weighted by Crippen LogP contribution is 2.30. The summed E-state index contributed by atoms with van der Waals surface area (Å²) in [5, 5.41) is 3.61. The summed E-state index contributed by atoms with van der Waals surface area (Å²) in [5.41, 5.74) is 7.63. The molecule has 0 aromatic heterocycles. The first-order valence-corrected chi connectivity index (χ1v) is 6.93. The maximum absolute atomic E-state index is 5.82. The lowest BCUT2D eigenvalue weighted by atomic mass is 9.84. The Bertz CT molecular complexity index is 392. The summed E-state index contributed by atoms with van der Waals surface area (Å²) in [6.45, 7) is 2.29. The van der Waals surface area contributed by atoms with Gasteiger partial charge in [-0.2, -0.15) is 0 Å². The van der Waals surface area contributed by atoms with Crippen LogP contribution in [0.4, 0.5) is 11.4 Å². The number of hydrogen-bond acceptors (Lipinski definition) is 3. The molecular formula is C15H24N2O. The maximum Gasteiger partial charge on any atom is 0.143 e. The molecule has 3 heteroatoms. The number of nitrogen functional groups attached to an aromatic ring is 1. The summed E-state index contributed by atoms with van der Waals surface area (Å²) < 4.78 is 5.25. The monoisotopic (exact) mass is 248 g/mol. The summed E-state index contributed by atoms with van der Waals surface area (Å²) in [5.74, 6) is 1.63. The van der Waals surface area contributed by atoms with Crippen molar-refractivity contribution in [2.24, 2.45) is 5.92 Å². The van der Waals surface area contributed by atoms with Crippen LogP contribution in [-0.2, 0) is 0 Å². The van der Waals surface area contributed by atoms with Crippen molar-refractivity contribution in [1.29, 1.82) is 0 Å². The number of nitrogens with two attached hydrogens (primary N) is 1. The van der Waals surface area contributed by atoms with Crippen LogP contribution in [0.2, 0.25) is 0 Å². The SMILES string of the molecule is CCC1CCCC(Nc2ccc(N)c(OC)c2)C1. The molecule has 1 saturated carbocycles. The van der Waals surface area contributed by atoms with Gasteiger partial charge in [0.05, 0.1) is 12.8 Å². The van der Waals surface area contributed by atoms with Gasteiger partial charge in [-0.15, -0.1) is 0 Å². The van der Waals surface area contributed by atoms with Gasteiger partial charge in [0, 0.05) is 17.8 Å². The first kappa shape index (κ1) is 13.1. The molecule has 1 fully saturated rings. The average molecular weight is 248 g/mol. The van der Waals surface area contributed by atoms with Crippen molar-refractivity contribution in [2.45, 2.75) is 45.1 Å². The minimum Gasteiger partial charge on any atom is -0.495 e. The molecule has 0 amide bonds. The Balaban J connectivity index is 2.00. The van der Waals surface area contributed by atoms with Gasteiger partial charge in [-0.05, 0) is 30.9 Å². The fourth-order valence-corrected chi connectivity index (χ4v) is 2.83. The Kier molecular flexibility index (Phi) is 4.34. The normalized spacial score (nSPS) is 23.7. The molecule has 0 bridgehead atoms. The molecule has 2 unspecified atom stereocenters. The van der Waals surface area contributed by atoms with Crippen molar-refractivity contribution >= 4 is 11.4 Å². The van der Waals surface area contributed by atoms with Crippen molar-refractivity contribution < 1.29 is 4.74 Å². The van der Waals surface area contributed by atoms with Gasteiger partial charge in [-0.1, -0.05) is 26.2 Å². The van der Waals surface area contributed by atoms with Crippen molar-refractivity contribution in [3.05, 3.63) is 18.2 Å². The molecular weight excluding hydrogens is 224 g/mol. The van der Waals surface area contributed by atoms with E-state index in [0.29, 0.717) is 11.7 Å². The van der Waals surface area contributed by atoms with Crippen LogP contribution in [-0.4, -0.2) is 13.2 Å². The number of hydrogen-bond donors (Lipinski definition) is 2. The molecule has 0 radical (unpaired) electrons. The van der Waals surface area contributed by atoms with Crippen LogP contribution in [0.15, 0.2) is 18.2 Å². The van der Waals surface area contributed by atoms with Crippen molar-refractivity contribution in [2.75, 3.05) is 18.2 Å². The molecule has 0 spiro atoms. The largest absolute Gasteiger partial charge is 0.495 e. The van der Waals surface area contributed by atoms with Crippen molar-refractivity contribution in [3.8, 4) is 5.75 Å². The van der Waals surface area contributed by atoms with Gasteiger partial charge < -0.3 is 15.8 Å². The summed E-state index contributed by atoms with van der Waals surface area (Å²) in [6, 6.07) is 6.52. The van der Waals surface area contributed by atoms with Gasteiger partial charge in [0.2, 0.25) is 0 Å². The Morgan fingerprint density at radius 3 is 2.94 bits per heavy atom. The first-order chi connectivity index (χ1) is 8.72. The minimum atomic E-state index is 0.594. The van der Waals surface area contributed by atoms with E-state index in [-0.39, 0.29) is 0 Å². The van der Waals surface area contributed by atoms with Crippen molar-refractivity contribution in [3.63, 3.8) is 0 Å². The molecule has 3 nitrogen and oxygen atoms in total. The third-order valence-electron chi connectivity index (χ3n) is 3.96. The van der Waals surface area contributed by atoms with Crippen LogP contribution >= 0.6 is 0 Å². The molecule has 1 aliphatic rings. The predicted octanol–water partition coefficient (Wildman–Crippen LogP) is 3.66. The second-order valence-corrected chi connectivity index (χ2v) is 5.24. The Hall–Kier alpha value is -1.38. The van der Waals surface area contributed by atoms with Crippen molar-refractivity contribution in [1.82, 2.24) is 0 Å². The fourth-order valence-electron chi connectivity index (χ4n) is 2.83. The maximum atomic E-state index is 5.82. The lowest BCUT2D eigenvalue weighted by Crippen LogP contribution is -2.27. The Morgan fingerprint density at radius 2 is 2.22 bits per heavy atom. The van der Waals surface area contributed by atoms with E-state index in [1.165, 1.54) is 32.1 Å². The Morgan fingerprint density at radius 1 is 1.39 bits per heavy atom. The predicted molar refractivity (Wildman–Crippen MR) is 77.1 cm³/mol. The van der Waals surface area contributed by atoms with Crippen LogP contribution < -0.4 is 15.8 Å². The molecule has 0 aliphatic heterocycles. The number of anilines is 2. The third-order valence-corrected chi connectivity index (χ3v) is 3.96. The van der Waals surface area contributed by atoms with Crippen LogP contribution in [0.25, 0.3) is 0 Å². The van der Waals surface area contributed by atoms with E-state index in [2.05, 4.69) is 12.2 Å². The molecule has 2 atom stereocenters. The number of methoxy groups -OCH3 is 1. The average Bonchev–Trinajstić information content (AvgIpc) is 2.41. The topological polar surface area (TPSA) is 47.3 Å². The number of rotatable bonds is 4. The molecule has 1 aromatic carbocycles. The molecule has 1 aromatic rings. The van der Waals surface area contributed by atoms with Crippen LogP contribution in [0.3, 0.4) is 0 Å². The van der Waals surface area contributed by atoms with E-state index >= 15 is 0 Å². The zero-order valence-electron chi connectivity index (χ0n) is 11.4. The van der Waals surface area contributed by atoms with Crippen LogP contribution in [0.5, 0.6) is 5.75 Å². The smallest absolute Gasteiger partial charge is 0.143 e. The summed E-state index contributed by atoms with van der Waals surface area (Å²) in [4.78, 5) is 0. The van der Waals surface area contributed by atoms with Gasteiger partial charge in [-0.25, -0.2) is 0 Å². The summed E-state index contributed by atoms with van der Waals surface area (Å²) >= 11 is 0. The quantitative estimate of drug-likeness (QED) is 0.799. The second-order valence-electron chi connectivity index (χ2n) is 5.24. The van der Waals surface area contributed by atoms with E-state index in [1.54, 1.807) is 7.11 Å². The highest BCUT2D eigenvalue weighted by Gasteiger charge is 2.20. The van der Waals surface area contributed by atoms with E-state index in [9.17, 15) is 0 Å². The molecule has 18 heavy (non-hydrogen) atoms. The zero-order chi connectivity index (χ0) is 13.0. The van der Waals surface area contributed by atoms with Gasteiger partial charge in [0.15, 0.2) is 0 Å². The molecule has 0 heterocycles. The number of benzene rings is 1. The highest BCUT2D eigenvalue weighted by atomic mass is 16.5. The Labute approximate surface area is 110 Å². The van der Waals surface area contributed by atoms with Gasteiger partial charge in [0.25, 0.3) is 0 Å². The molecule has 3 N–H and O–H groups in total. The second kappa shape index (κ2) is 5.98. The third kappa shape index (κ3) is 3.09. The van der Waals surface area contributed by atoms with E-state index < -0.39 is 0 Å². The zero-order valence-corrected chi connectivity index (χ0v) is 11.4. The van der Waals surface area contributed by atoms with E-state index in [0.717, 1.165) is 17.4 Å². The first-order valence-electron chi connectivity index (χ1n) is 6.93. The molecule has 0 saturated heterocycles. The molecule has 100 valence electrons. The van der Waals surface area contributed by atoms with Crippen LogP contribution in [0, 0.1) is 5.92 Å². The summed E-state index contributed by atoms with van der Waals surface area (Å²) in [6.07, 6.45) is 6.57. The molecule has 1 aliphatic carbocycles. The fraction of sp³-hybridized carbons (Fsp3) is 0.600. The van der Waals surface area contributed by atoms with Gasteiger partial charge in [-0.3, -0.25) is 0 Å². The molecule has 2 rings (SSSR count). The van der Waals surface area contributed by atoms with E-state index in [1.807, 2.05) is 18.2 Å². The highest BCUT2D eigenvalue weighted by molar-refractivity contribution is 5.61. The van der Waals surface area contributed by atoms with Crippen LogP contribution in [0.1, 0.15) is 39.0 Å². The number of nitrogens with one attached hydrogen (secondary N) is 1. The van der Waals surface area contributed by atoms with E-state index in [4.69, 9.17) is 10.5 Å². The summed E-state index contributed by atoms with van der Waals surface area (Å²) in [7, 11) is 1.66. The van der Waals surface area contributed by atoms with Gasteiger partial charge >= 0.3 is 0 Å².